The molecule has 8 heteroatoms. The summed E-state index contributed by atoms with van der Waals surface area (Å²) in [5.41, 5.74) is 0.886. The van der Waals surface area contributed by atoms with E-state index < -0.39 is 9.84 Å². The van der Waals surface area contributed by atoms with Crippen LogP contribution < -0.4 is 10.1 Å². The number of nitrogens with zero attached hydrogens (tertiary/aromatic N) is 3. The molecular weight excluding hydrogens is 340 g/mol. The van der Waals surface area contributed by atoms with E-state index in [0.29, 0.717) is 13.1 Å². The molecular formula is C17H24N4O3S. The monoisotopic (exact) mass is 364 g/mol. The summed E-state index contributed by atoms with van der Waals surface area (Å²) >= 11 is 0. The summed E-state index contributed by atoms with van der Waals surface area (Å²) in [5.74, 6) is 2.85. The largest absolute Gasteiger partial charge is 0.497 e. The SMILES string of the molecule is COc1ccc2nc(C)nc(NCCCN3CCS(=O)(=O)CC3)c2c1. The average molecular weight is 364 g/mol. The lowest BCUT2D eigenvalue weighted by Gasteiger charge is -2.26. The lowest BCUT2D eigenvalue weighted by atomic mass is 10.2. The molecule has 7 nitrogen and oxygen atoms in total. The van der Waals surface area contributed by atoms with Gasteiger partial charge in [0.1, 0.15) is 17.4 Å². The van der Waals surface area contributed by atoms with Crippen molar-refractivity contribution in [2.45, 2.75) is 13.3 Å². The normalized spacial score (nSPS) is 17.5. The van der Waals surface area contributed by atoms with Gasteiger partial charge in [-0.1, -0.05) is 0 Å². The Morgan fingerprint density at radius 3 is 2.72 bits per heavy atom. The van der Waals surface area contributed by atoms with Crippen molar-refractivity contribution in [3.05, 3.63) is 24.0 Å². The number of nitrogens with one attached hydrogen (secondary N) is 1. The molecule has 1 aromatic carbocycles. The molecule has 25 heavy (non-hydrogen) atoms. The second-order valence-corrected chi connectivity index (χ2v) is 8.58. The number of aromatic nitrogens is 2. The summed E-state index contributed by atoms with van der Waals surface area (Å²) in [7, 11) is -1.17. The number of hydrogen-bond acceptors (Lipinski definition) is 7. The van der Waals surface area contributed by atoms with Crippen molar-refractivity contribution in [1.82, 2.24) is 14.9 Å². The van der Waals surface area contributed by atoms with Gasteiger partial charge in [0.15, 0.2) is 9.84 Å². The smallest absolute Gasteiger partial charge is 0.152 e. The average Bonchev–Trinajstić information content (AvgIpc) is 2.59. The molecule has 0 saturated carbocycles. The van der Waals surface area contributed by atoms with Crippen LogP contribution in [0.3, 0.4) is 0 Å². The molecule has 1 saturated heterocycles. The van der Waals surface area contributed by atoms with Crippen LogP contribution in [0.25, 0.3) is 10.9 Å². The first-order valence-electron chi connectivity index (χ1n) is 8.46. The molecule has 1 fully saturated rings. The van der Waals surface area contributed by atoms with Crippen LogP contribution in [0.15, 0.2) is 18.2 Å². The van der Waals surface area contributed by atoms with E-state index in [1.54, 1.807) is 7.11 Å². The standard InChI is InChI=1S/C17H24N4O3S/c1-13-19-16-5-4-14(24-2)12-15(16)17(20-13)18-6-3-7-21-8-10-25(22,23)11-9-21/h4-5,12H,3,6-11H2,1-2H3,(H,18,19,20). The lowest BCUT2D eigenvalue weighted by Crippen LogP contribution is -2.41. The fraction of sp³-hybridized carbons (Fsp3) is 0.529. The van der Waals surface area contributed by atoms with Gasteiger partial charge in [-0.2, -0.15) is 0 Å². The van der Waals surface area contributed by atoms with Crippen molar-refractivity contribution < 1.29 is 13.2 Å². The summed E-state index contributed by atoms with van der Waals surface area (Å²) in [6.07, 6.45) is 0.925. The maximum absolute atomic E-state index is 11.5. The summed E-state index contributed by atoms with van der Waals surface area (Å²) in [5, 5.41) is 4.32. The zero-order valence-electron chi connectivity index (χ0n) is 14.7. The Morgan fingerprint density at radius 1 is 1.24 bits per heavy atom. The lowest BCUT2D eigenvalue weighted by molar-refractivity contribution is 0.294. The van der Waals surface area contributed by atoms with Gasteiger partial charge in [0.2, 0.25) is 0 Å². The predicted molar refractivity (Wildman–Crippen MR) is 99.0 cm³/mol. The molecule has 3 rings (SSSR count). The van der Waals surface area contributed by atoms with E-state index in [-0.39, 0.29) is 11.5 Å². The molecule has 136 valence electrons. The van der Waals surface area contributed by atoms with Crippen LogP contribution in [-0.4, -0.2) is 68.1 Å². The number of sulfone groups is 1. The van der Waals surface area contributed by atoms with Crippen LogP contribution in [0.2, 0.25) is 0 Å². The van der Waals surface area contributed by atoms with Gasteiger partial charge in [-0.3, -0.25) is 0 Å². The quantitative estimate of drug-likeness (QED) is 0.777. The van der Waals surface area contributed by atoms with Crippen molar-refractivity contribution in [3.8, 4) is 5.75 Å². The Labute approximate surface area is 148 Å². The van der Waals surface area contributed by atoms with Gasteiger partial charge in [-0.15, -0.1) is 0 Å². The number of benzene rings is 1. The van der Waals surface area contributed by atoms with Gasteiger partial charge in [-0.25, -0.2) is 18.4 Å². The highest BCUT2D eigenvalue weighted by atomic mass is 32.2. The number of rotatable bonds is 6. The first-order valence-corrected chi connectivity index (χ1v) is 10.3. The Balaban J connectivity index is 1.59. The predicted octanol–water partition coefficient (Wildman–Crippen LogP) is 1.48. The van der Waals surface area contributed by atoms with Crippen molar-refractivity contribution in [3.63, 3.8) is 0 Å². The van der Waals surface area contributed by atoms with Crippen molar-refractivity contribution >= 4 is 26.6 Å². The minimum atomic E-state index is -2.81. The van der Waals surface area contributed by atoms with E-state index in [1.165, 1.54) is 0 Å². The zero-order chi connectivity index (χ0) is 17.9. The van der Waals surface area contributed by atoms with Gasteiger partial charge < -0.3 is 15.0 Å². The van der Waals surface area contributed by atoms with Crippen LogP contribution in [0.4, 0.5) is 5.82 Å². The molecule has 0 atom stereocenters. The molecule has 1 aromatic heterocycles. The molecule has 0 radical (unpaired) electrons. The molecule has 2 heterocycles. The third-order valence-electron chi connectivity index (χ3n) is 4.40. The molecule has 1 aliphatic heterocycles. The van der Waals surface area contributed by atoms with E-state index in [9.17, 15) is 8.42 Å². The third-order valence-corrected chi connectivity index (χ3v) is 6.00. The summed E-state index contributed by atoms with van der Waals surface area (Å²) in [4.78, 5) is 11.2. The second-order valence-electron chi connectivity index (χ2n) is 6.28. The fourth-order valence-electron chi connectivity index (χ4n) is 2.97. The first kappa shape index (κ1) is 17.9. The Kier molecular flexibility index (Phi) is 5.39. The minimum absolute atomic E-state index is 0.274. The number of hydrogen-bond donors (Lipinski definition) is 1. The number of methoxy groups -OCH3 is 1. The molecule has 0 unspecified atom stereocenters. The maximum atomic E-state index is 11.5. The van der Waals surface area contributed by atoms with Gasteiger partial charge >= 0.3 is 0 Å². The van der Waals surface area contributed by atoms with E-state index in [4.69, 9.17) is 4.74 Å². The van der Waals surface area contributed by atoms with Crippen LogP contribution >= 0.6 is 0 Å². The van der Waals surface area contributed by atoms with E-state index in [0.717, 1.165) is 47.8 Å². The van der Waals surface area contributed by atoms with Gasteiger partial charge in [-0.05, 0) is 38.1 Å². The Hall–Kier alpha value is -1.93. The van der Waals surface area contributed by atoms with Crippen LogP contribution in [0.5, 0.6) is 5.75 Å². The highest BCUT2D eigenvalue weighted by Gasteiger charge is 2.20. The topological polar surface area (TPSA) is 84.4 Å². The molecule has 0 spiro atoms. The summed E-state index contributed by atoms with van der Waals surface area (Å²) < 4.78 is 28.2. The van der Waals surface area contributed by atoms with E-state index in [1.807, 2.05) is 25.1 Å². The zero-order valence-corrected chi connectivity index (χ0v) is 15.5. The minimum Gasteiger partial charge on any atom is -0.497 e. The number of aryl methyl sites for hydroxylation is 1. The van der Waals surface area contributed by atoms with Crippen molar-refractivity contribution in [2.75, 3.05) is 50.1 Å². The summed E-state index contributed by atoms with van der Waals surface area (Å²) in [6.45, 7) is 4.80. The Morgan fingerprint density at radius 2 is 2.00 bits per heavy atom. The number of fused-ring (bicyclic) bond motifs is 1. The maximum Gasteiger partial charge on any atom is 0.152 e. The molecule has 0 aliphatic carbocycles. The van der Waals surface area contributed by atoms with Crippen molar-refractivity contribution in [1.29, 1.82) is 0 Å². The number of ether oxygens (including phenoxy) is 1. The van der Waals surface area contributed by atoms with Gasteiger partial charge in [0.05, 0.1) is 24.1 Å². The number of anilines is 1. The Bertz CT molecular complexity index is 840. The first-order chi connectivity index (χ1) is 12.0. The second kappa shape index (κ2) is 7.53. The van der Waals surface area contributed by atoms with Crippen molar-refractivity contribution in [2.24, 2.45) is 0 Å². The highest BCUT2D eigenvalue weighted by molar-refractivity contribution is 7.91. The highest BCUT2D eigenvalue weighted by Crippen LogP contribution is 2.25. The van der Waals surface area contributed by atoms with Crippen LogP contribution in [0.1, 0.15) is 12.2 Å². The van der Waals surface area contributed by atoms with E-state index in [2.05, 4.69) is 20.2 Å². The van der Waals surface area contributed by atoms with Crippen LogP contribution in [0, 0.1) is 6.92 Å². The fourth-order valence-corrected chi connectivity index (χ4v) is 4.25. The van der Waals surface area contributed by atoms with E-state index >= 15 is 0 Å². The molecule has 2 aromatic rings. The third kappa shape index (κ3) is 4.58. The van der Waals surface area contributed by atoms with Gasteiger partial charge in [0, 0.05) is 25.0 Å². The summed E-state index contributed by atoms with van der Waals surface area (Å²) in [6, 6.07) is 5.76. The molecule has 1 N–H and O–H groups in total. The molecule has 1 aliphatic rings. The van der Waals surface area contributed by atoms with Gasteiger partial charge in [0.25, 0.3) is 0 Å². The van der Waals surface area contributed by atoms with Crippen LogP contribution in [-0.2, 0) is 9.84 Å². The molecule has 0 amide bonds. The molecule has 0 bridgehead atoms.